The number of hydrogen-bond donors (Lipinski definition) is 0. The van der Waals surface area contributed by atoms with E-state index in [2.05, 4.69) is 108 Å². The smallest absolute Gasteiger partial charge is 0.165 e. The summed E-state index contributed by atoms with van der Waals surface area (Å²) in [7, 11) is 0. The van der Waals surface area contributed by atoms with Crippen molar-refractivity contribution in [2.45, 2.75) is 0 Å². The lowest BCUT2D eigenvalue weighted by Crippen LogP contribution is -2.04. The van der Waals surface area contributed by atoms with Gasteiger partial charge in [0.15, 0.2) is 5.82 Å². The molecule has 0 bridgehead atoms. The summed E-state index contributed by atoms with van der Waals surface area (Å²) in [5.74, 6) is 0.807. The van der Waals surface area contributed by atoms with Crippen LogP contribution in [-0.4, -0.2) is 14.5 Å². The summed E-state index contributed by atoms with van der Waals surface area (Å²) >= 11 is 0. The number of rotatable bonds is 2. The summed E-state index contributed by atoms with van der Waals surface area (Å²) in [5.41, 5.74) is 7.51. The number of para-hydroxylation sites is 3. The monoisotopic (exact) mass is 585 g/mol. The zero-order valence-electron chi connectivity index (χ0n) is 24.5. The van der Waals surface area contributed by atoms with Gasteiger partial charge in [0.2, 0.25) is 0 Å². The van der Waals surface area contributed by atoms with E-state index in [0.717, 1.165) is 61.1 Å². The Balaban J connectivity index is 1.41. The van der Waals surface area contributed by atoms with Crippen LogP contribution in [-0.2, 0) is 0 Å². The molecule has 0 aliphatic rings. The summed E-state index contributed by atoms with van der Waals surface area (Å²) < 4.78 is 8.73. The molecule has 11 aromatic rings. The number of fused-ring (bicyclic) bond motifs is 9. The molecule has 0 spiro atoms. The van der Waals surface area contributed by atoms with E-state index in [4.69, 9.17) is 14.4 Å². The predicted octanol–water partition coefficient (Wildman–Crippen LogP) is 11.2. The van der Waals surface area contributed by atoms with Crippen LogP contribution >= 0.6 is 0 Å². The van der Waals surface area contributed by atoms with E-state index < -0.39 is 0 Å². The fraction of sp³-hybridized carbons (Fsp3) is 0. The Kier molecular flexibility index (Phi) is 4.55. The zero-order valence-corrected chi connectivity index (χ0v) is 24.5. The van der Waals surface area contributed by atoms with Crippen LogP contribution in [0.4, 0.5) is 0 Å². The maximum atomic E-state index is 6.35. The average molecular weight is 586 g/mol. The standard InChI is InChI=1S/C42H23N3O/c1-2-12-25-24(11-1)23-31-27-14-4-3-13-26(27)28-16-9-20-34-38(28)39(31)41(25)45(34)42-40(43-32-18-6-7-19-33(32)44-42)30-17-10-22-36-37(30)29-15-5-8-21-35(29)46-36/h1-23H. The van der Waals surface area contributed by atoms with Gasteiger partial charge in [-0.3, -0.25) is 4.57 Å². The Hall–Kier alpha value is -6.26. The molecule has 0 radical (unpaired) electrons. The average Bonchev–Trinajstić information content (AvgIpc) is 3.67. The van der Waals surface area contributed by atoms with E-state index in [1.807, 2.05) is 36.4 Å². The van der Waals surface area contributed by atoms with Gasteiger partial charge < -0.3 is 4.42 Å². The number of furan rings is 1. The first-order valence-corrected chi connectivity index (χ1v) is 15.6. The minimum atomic E-state index is 0.807. The highest BCUT2D eigenvalue weighted by Gasteiger charge is 2.26. The fourth-order valence-corrected chi connectivity index (χ4v) is 7.83. The van der Waals surface area contributed by atoms with Crippen molar-refractivity contribution < 1.29 is 4.42 Å². The molecule has 212 valence electrons. The van der Waals surface area contributed by atoms with Gasteiger partial charge in [-0.1, -0.05) is 103 Å². The highest BCUT2D eigenvalue weighted by molar-refractivity contribution is 6.38. The normalized spacial score (nSPS) is 12.3. The minimum absolute atomic E-state index is 0.807. The van der Waals surface area contributed by atoms with E-state index in [9.17, 15) is 0 Å². The third-order valence-electron chi connectivity index (χ3n) is 9.71. The van der Waals surface area contributed by atoms with Crippen LogP contribution < -0.4 is 0 Å². The lowest BCUT2D eigenvalue weighted by atomic mass is 9.92. The van der Waals surface area contributed by atoms with Crippen molar-refractivity contribution in [3.8, 4) is 17.1 Å². The van der Waals surface area contributed by atoms with Gasteiger partial charge in [-0.15, -0.1) is 0 Å². The van der Waals surface area contributed by atoms with Gasteiger partial charge in [0, 0.05) is 32.5 Å². The third kappa shape index (κ3) is 3.03. The molecule has 0 N–H and O–H groups in total. The molecular formula is C42H23N3O. The topological polar surface area (TPSA) is 43.9 Å². The highest BCUT2D eigenvalue weighted by Crippen LogP contribution is 2.47. The van der Waals surface area contributed by atoms with Gasteiger partial charge in [-0.2, -0.15) is 0 Å². The zero-order chi connectivity index (χ0) is 29.9. The molecule has 0 atom stereocenters. The minimum Gasteiger partial charge on any atom is -0.456 e. The highest BCUT2D eigenvalue weighted by atomic mass is 16.3. The second kappa shape index (κ2) is 8.68. The Bertz CT molecular complexity index is 3040. The van der Waals surface area contributed by atoms with Gasteiger partial charge in [0.25, 0.3) is 0 Å². The molecule has 0 unspecified atom stereocenters. The summed E-state index contributed by atoms with van der Waals surface area (Å²) in [6.07, 6.45) is 0. The Morgan fingerprint density at radius 1 is 0.457 bits per heavy atom. The predicted molar refractivity (Wildman–Crippen MR) is 190 cm³/mol. The number of benzene rings is 8. The summed E-state index contributed by atoms with van der Waals surface area (Å²) in [6, 6.07) is 49.2. The van der Waals surface area contributed by atoms with Crippen molar-refractivity contribution in [2.75, 3.05) is 0 Å². The van der Waals surface area contributed by atoms with Crippen LogP contribution in [0.1, 0.15) is 0 Å². The molecule has 3 heterocycles. The van der Waals surface area contributed by atoms with Crippen LogP contribution in [0.3, 0.4) is 0 Å². The van der Waals surface area contributed by atoms with E-state index in [1.54, 1.807) is 0 Å². The molecule has 0 aliphatic heterocycles. The SMILES string of the molecule is c1ccc2c(c1)cc1c3ccccc3c3cccc4c3c1c2n4-c1nc2ccccc2nc1-c1cccc2oc3ccccc3c12. The van der Waals surface area contributed by atoms with E-state index in [1.165, 1.54) is 43.1 Å². The third-order valence-corrected chi connectivity index (χ3v) is 9.71. The van der Waals surface area contributed by atoms with Crippen molar-refractivity contribution >= 4 is 87.1 Å². The van der Waals surface area contributed by atoms with E-state index in [-0.39, 0.29) is 0 Å². The largest absolute Gasteiger partial charge is 0.456 e. The van der Waals surface area contributed by atoms with Crippen molar-refractivity contribution in [1.29, 1.82) is 0 Å². The van der Waals surface area contributed by atoms with Crippen molar-refractivity contribution in [3.63, 3.8) is 0 Å². The molecular weight excluding hydrogens is 562 g/mol. The molecule has 11 rings (SSSR count). The number of aromatic nitrogens is 3. The van der Waals surface area contributed by atoms with E-state index >= 15 is 0 Å². The van der Waals surface area contributed by atoms with Crippen molar-refractivity contribution in [1.82, 2.24) is 14.5 Å². The Morgan fingerprint density at radius 3 is 1.98 bits per heavy atom. The first-order valence-electron chi connectivity index (χ1n) is 15.6. The van der Waals surface area contributed by atoms with Gasteiger partial charge in [0.05, 0.1) is 22.1 Å². The van der Waals surface area contributed by atoms with Gasteiger partial charge >= 0.3 is 0 Å². The van der Waals surface area contributed by atoms with Crippen LogP contribution in [0.15, 0.2) is 144 Å². The van der Waals surface area contributed by atoms with Gasteiger partial charge in [-0.05, 0) is 63.3 Å². The Labute approximate surface area is 262 Å². The molecule has 0 fully saturated rings. The van der Waals surface area contributed by atoms with E-state index in [0.29, 0.717) is 0 Å². The van der Waals surface area contributed by atoms with Gasteiger partial charge in [0.1, 0.15) is 16.9 Å². The number of hydrogen-bond acceptors (Lipinski definition) is 3. The van der Waals surface area contributed by atoms with Crippen molar-refractivity contribution in [2.24, 2.45) is 0 Å². The quantitative estimate of drug-likeness (QED) is 0.150. The molecule has 46 heavy (non-hydrogen) atoms. The second-order valence-electron chi connectivity index (χ2n) is 12.1. The second-order valence-corrected chi connectivity index (χ2v) is 12.1. The maximum absolute atomic E-state index is 6.35. The first kappa shape index (κ1) is 24.1. The Morgan fingerprint density at radius 2 is 1.11 bits per heavy atom. The lowest BCUT2D eigenvalue weighted by Gasteiger charge is -2.15. The summed E-state index contributed by atoms with van der Waals surface area (Å²) in [5, 5.41) is 12.0. The molecule has 4 heteroatoms. The molecule has 0 saturated carbocycles. The van der Waals surface area contributed by atoms with Gasteiger partial charge in [-0.25, -0.2) is 9.97 Å². The molecule has 3 aromatic heterocycles. The molecule has 0 aliphatic carbocycles. The molecule has 4 nitrogen and oxygen atoms in total. The molecule has 8 aromatic carbocycles. The molecule has 0 saturated heterocycles. The van der Waals surface area contributed by atoms with Crippen LogP contribution in [0, 0.1) is 0 Å². The fourth-order valence-electron chi connectivity index (χ4n) is 7.83. The molecule has 0 amide bonds. The lowest BCUT2D eigenvalue weighted by molar-refractivity contribution is 0.669. The van der Waals surface area contributed by atoms with Crippen LogP contribution in [0.2, 0.25) is 0 Å². The van der Waals surface area contributed by atoms with Crippen LogP contribution in [0.25, 0.3) is 104 Å². The summed E-state index contributed by atoms with van der Waals surface area (Å²) in [4.78, 5) is 10.9. The van der Waals surface area contributed by atoms with Crippen molar-refractivity contribution in [3.05, 3.63) is 140 Å². The van der Waals surface area contributed by atoms with Crippen LogP contribution in [0.5, 0.6) is 0 Å². The summed E-state index contributed by atoms with van der Waals surface area (Å²) in [6.45, 7) is 0. The first-order chi connectivity index (χ1) is 22.8. The maximum Gasteiger partial charge on any atom is 0.165 e. The number of nitrogens with zero attached hydrogens (tertiary/aromatic N) is 3.